The summed E-state index contributed by atoms with van der Waals surface area (Å²) in [7, 11) is 2.57. The smallest absolute Gasteiger partial charge is 0.354 e. The maximum absolute atomic E-state index is 12.3. The molecule has 0 spiro atoms. The molecule has 0 aliphatic rings. The Morgan fingerprint density at radius 1 is 0.854 bits per heavy atom. The van der Waals surface area contributed by atoms with Crippen molar-refractivity contribution in [2.75, 3.05) is 26.7 Å². The van der Waals surface area contributed by atoms with Gasteiger partial charge in [-0.05, 0) is 62.5 Å². The first-order valence-corrected chi connectivity index (χ1v) is 15.5. The van der Waals surface area contributed by atoms with E-state index in [1.165, 1.54) is 32.1 Å². The Kier molecular flexibility index (Phi) is 15.8. The first-order valence-electron chi connectivity index (χ1n) is 13.0. The van der Waals surface area contributed by atoms with Gasteiger partial charge in [0, 0.05) is 21.2 Å². The van der Waals surface area contributed by atoms with Gasteiger partial charge in [0.25, 0.3) is 11.8 Å². The molecule has 2 N–H and O–H groups in total. The first-order chi connectivity index (χ1) is 19.5. The van der Waals surface area contributed by atoms with Crippen LogP contribution in [0.15, 0.2) is 45.8 Å². The topological polar surface area (TPSA) is 137 Å². The number of amides is 2. The quantitative estimate of drug-likeness (QED) is 0.215. The van der Waals surface area contributed by atoms with Crippen LogP contribution in [-0.2, 0) is 31.9 Å². The molecule has 0 saturated carbocycles. The van der Waals surface area contributed by atoms with E-state index < -0.39 is 23.9 Å². The molecule has 224 valence electrons. The van der Waals surface area contributed by atoms with Crippen LogP contribution in [0.3, 0.4) is 0 Å². The summed E-state index contributed by atoms with van der Waals surface area (Å²) in [6.45, 7) is 9.31. The van der Waals surface area contributed by atoms with Crippen molar-refractivity contribution >= 4 is 47.3 Å². The van der Waals surface area contributed by atoms with Crippen LogP contribution in [0.2, 0.25) is 0 Å². The predicted octanol–water partition coefficient (Wildman–Crippen LogP) is 4.47. The van der Waals surface area contributed by atoms with Gasteiger partial charge >= 0.3 is 11.9 Å². The lowest BCUT2D eigenvalue weighted by atomic mass is 10.0. The van der Waals surface area contributed by atoms with E-state index in [1.54, 1.807) is 30.8 Å². The molecule has 0 radical (unpaired) electrons. The number of aromatic nitrogens is 2. The van der Waals surface area contributed by atoms with Gasteiger partial charge in [0.15, 0.2) is 0 Å². The van der Waals surface area contributed by atoms with E-state index in [2.05, 4.69) is 25.3 Å². The summed E-state index contributed by atoms with van der Waals surface area (Å²) in [5.41, 5.74) is 2.41. The van der Waals surface area contributed by atoms with Crippen molar-refractivity contribution in [3.05, 3.63) is 58.8 Å². The monoisotopic (exact) mass is 604 g/mol. The largest absolute Gasteiger partial charge is 0.467 e. The highest BCUT2D eigenvalue weighted by Gasteiger charge is 2.26. The van der Waals surface area contributed by atoms with E-state index in [0.29, 0.717) is 5.69 Å². The number of carbonyl (C=O) groups is 4. The molecule has 2 heterocycles. The Balaban J connectivity index is 0.000000410. The molecule has 41 heavy (non-hydrogen) atoms. The van der Waals surface area contributed by atoms with Gasteiger partial charge in [-0.15, -0.1) is 23.5 Å². The first kappa shape index (κ1) is 35.6. The number of nitrogens with one attached hydrogen (secondary N) is 2. The van der Waals surface area contributed by atoms with Crippen molar-refractivity contribution in [2.24, 2.45) is 5.92 Å². The third-order valence-electron chi connectivity index (χ3n) is 5.72. The van der Waals surface area contributed by atoms with Gasteiger partial charge in [0.05, 0.1) is 14.2 Å². The number of esters is 2. The Hall–Kier alpha value is -3.38. The number of nitrogens with zero attached hydrogens (tertiary/aromatic N) is 2. The summed E-state index contributed by atoms with van der Waals surface area (Å²) in [5, 5.41) is 5.21. The molecular weight excluding hydrogens is 564 g/mol. The lowest BCUT2D eigenvalue weighted by molar-refractivity contribution is -0.144. The van der Waals surface area contributed by atoms with Crippen molar-refractivity contribution in [1.29, 1.82) is 0 Å². The molecule has 10 nitrogen and oxygen atoms in total. The van der Waals surface area contributed by atoms with E-state index in [1.807, 2.05) is 52.3 Å². The molecule has 0 saturated heterocycles. The summed E-state index contributed by atoms with van der Waals surface area (Å²) in [5.74, 6) is -1.87. The summed E-state index contributed by atoms with van der Waals surface area (Å²) >= 11 is 3.09. The number of rotatable bonds is 11. The molecule has 12 heteroatoms. The Labute approximate surface area is 250 Å². The molecule has 0 bridgehead atoms. The normalized spacial score (nSPS) is 11.6. The summed E-state index contributed by atoms with van der Waals surface area (Å²) in [6.07, 6.45) is 6.86. The van der Waals surface area contributed by atoms with Gasteiger partial charge in [-0.25, -0.2) is 19.6 Å². The Morgan fingerprint density at radius 2 is 1.34 bits per heavy atom. The number of pyridine rings is 2. The molecule has 0 aromatic carbocycles. The standard InChI is InChI=1S/C15H22N2O3S.C14H18N2O3S/c1-6-10-7-11(21-5)8-12(16-10)14(18)17-13(9(2)3)15(19)20-4;1-5-9-7-10(20-4)8-12(15-9)13(17)16-11(6-2)14(18)19-3/h7-9,13H,6H2,1-5H3,(H,17,18);6-8H,5H2,1-4H3,(H,16,17)/b;11-6+. The van der Waals surface area contributed by atoms with E-state index in [-0.39, 0.29) is 23.2 Å². The maximum atomic E-state index is 12.3. The average molecular weight is 605 g/mol. The van der Waals surface area contributed by atoms with Crippen LogP contribution < -0.4 is 10.6 Å². The Morgan fingerprint density at radius 3 is 1.71 bits per heavy atom. The molecule has 0 fully saturated rings. The second-order valence-electron chi connectivity index (χ2n) is 8.84. The Bertz CT molecular complexity index is 1210. The van der Waals surface area contributed by atoms with Gasteiger partial charge in [-0.1, -0.05) is 33.8 Å². The minimum absolute atomic E-state index is 0.0595. The van der Waals surface area contributed by atoms with Crippen LogP contribution in [0, 0.1) is 5.92 Å². The van der Waals surface area contributed by atoms with Crippen LogP contribution in [0.4, 0.5) is 0 Å². The van der Waals surface area contributed by atoms with Crippen LogP contribution in [0.25, 0.3) is 0 Å². The van der Waals surface area contributed by atoms with Gasteiger partial charge in [0.1, 0.15) is 23.1 Å². The molecule has 2 aromatic heterocycles. The predicted molar refractivity (Wildman–Crippen MR) is 162 cm³/mol. The number of ether oxygens (including phenoxy) is 2. The molecule has 0 aliphatic carbocycles. The second kappa shape index (κ2) is 18.1. The van der Waals surface area contributed by atoms with E-state index in [0.717, 1.165) is 34.0 Å². The van der Waals surface area contributed by atoms with Crippen molar-refractivity contribution in [3.63, 3.8) is 0 Å². The average Bonchev–Trinajstić information content (AvgIpc) is 3.00. The number of carbonyl (C=O) groups excluding carboxylic acids is 4. The maximum Gasteiger partial charge on any atom is 0.354 e. The minimum Gasteiger partial charge on any atom is -0.467 e. The van der Waals surface area contributed by atoms with E-state index in [9.17, 15) is 19.2 Å². The summed E-state index contributed by atoms with van der Waals surface area (Å²) in [4.78, 5) is 58.1. The van der Waals surface area contributed by atoms with Crippen molar-refractivity contribution in [3.8, 4) is 0 Å². The number of hydrogen-bond donors (Lipinski definition) is 2. The zero-order valence-corrected chi connectivity index (χ0v) is 26.7. The van der Waals surface area contributed by atoms with E-state index >= 15 is 0 Å². The van der Waals surface area contributed by atoms with Gasteiger partial charge in [-0.2, -0.15) is 0 Å². The van der Waals surface area contributed by atoms with Gasteiger partial charge in [0.2, 0.25) is 0 Å². The second-order valence-corrected chi connectivity index (χ2v) is 10.6. The zero-order chi connectivity index (χ0) is 31.1. The number of aryl methyl sites for hydroxylation is 2. The van der Waals surface area contributed by atoms with Crippen LogP contribution in [-0.4, -0.2) is 66.5 Å². The molecular formula is C29H40N4O6S2. The lowest BCUT2D eigenvalue weighted by Gasteiger charge is -2.19. The van der Waals surface area contributed by atoms with E-state index in [4.69, 9.17) is 4.74 Å². The fourth-order valence-electron chi connectivity index (χ4n) is 3.33. The highest BCUT2D eigenvalue weighted by molar-refractivity contribution is 7.98. The van der Waals surface area contributed by atoms with Crippen molar-refractivity contribution in [2.45, 2.75) is 63.3 Å². The fourth-order valence-corrected chi connectivity index (χ4v) is 4.29. The number of methoxy groups -OCH3 is 2. The molecule has 1 unspecified atom stereocenters. The summed E-state index contributed by atoms with van der Waals surface area (Å²) in [6, 6.07) is 6.66. The minimum atomic E-state index is -0.674. The number of hydrogen-bond acceptors (Lipinski definition) is 10. The highest BCUT2D eigenvalue weighted by atomic mass is 32.2. The third-order valence-corrected chi connectivity index (χ3v) is 7.13. The lowest BCUT2D eigenvalue weighted by Crippen LogP contribution is -2.45. The molecule has 2 rings (SSSR count). The molecule has 1 atom stereocenters. The van der Waals surface area contributed by atoms with Crippen LogP contribution in [0.5, 0.6) is 0 Å². The van der Waals surface area contributed by atoms with Crippen LogP contribution >= 0.6 is 23.5 Å². The van der Waals surface area contributed by atoms with Crippen LogP contribution in [0.1, 0.15) is 67.0 Å². The molecule has 2 amide bonds. The third kappa shape index (κ3) is 11.2. The highest BCUT2D eigenvalue weighted by Crippen LogP contribution is 2.18. The van der Waals surface area contributed by atoms with Gasteiger partial charge < -0.3 is 20.1 Å². The number of thioether (sulfide) groups is 2. The SMILES string of the molecule is C/C=C(/NC(=O)c1cc(SC)cc(CC)n1)C(=O)OC.CCc1cc(SC)cc(C(=O)NC(C(=O)OC)C(C)C)n1. The van der Waals surface area contributed by atoms with Crippen molar-refractivity contribution in [1.82, 2.24) is 20.6 Å². The molecule has 0 aliphatic heterocycles. The van der Waals surface area contributed by atoms with Crippen molar-refractivity contribution < 1.29 is 28.7 Å². The zero-order valence-electron chi connectivity index (χ0n) is 25.1. The van der Waals surface area contributed by atoms with Gasteiger partial charge in [-0.3, -0.25) is 9.59 Å². The summed E-state index contributed by atoms with van der Waals surface area (Å²) < 4.78 is 9.31. The number of allylic oxidation sites excluding steroid dienone is 1. The fraction of sp³-hybridized carbons (Fsp3) is 0.448. The molecule has 2 aromatic rings.